The summed E-state index contributed by atoms with van der Waals surface area (Å²) in [5, 5.41) is 3.49. The Hall–Kier alpha value is -0.680. The van der Waals surface area contributed by atoms with Gasteiger partial charge in [-0.05, 0) is 38.9 Å². The Morgan fingerprint density at radius 3 is 2.32 bits per heavy atom. The topological polar surface area (TPSA) is 41.6 Å². The van der Waals surface area contributed by atoms with E-state index in [-0.39, 0.29) is 24.0 Å². The molecule has 0 aromatic heterocycles. The Balaban J connectivity index is 1.84. The summed E-state index contributed by atoms with van der Waals surface area (Å²) in [5.74, 6) is 0.263. The van der Waals surface area contributed by atoms with E-state index >= 15 is 0 Å². The monoisotopic (exact) mass is 284 g/mol. The number of carbonyl (C=O) groups is 1. The zero-order chi connectivity index (χ0) is 13.8. The van der Waals surface area contributed by atoms with Gasteiger partial charge in [-0.1, -0.05) is 19.3 Å². The van der Waals surface area contributed by atoms with Crippen LogP contribution in [0, 0.1) is 5.92 Å². The van der Waals surface area contributed by atoms with Crippen molar-refractivity contribution in [3.8, 4) is 0 Å². The molecule has 108 valence electrons. The molecule has 19 heavy (non-hydrogen) atoms. The van der Waals surface area contributed by atoms with Crippen LogP contribution in [0.2, 0.25) is 0 Å². The number of thiocarbonyl (C=S) groups is 1. The summed E-state index contributed by atoms with van der Waals surface area (Å²) in [5.41, 5.74) is 0. The standard InChI is InChI=1S/C14H24N2O2S/c1-10-8-16(9-11(2)18-10)14(19)15-13(17)12-6-4-3-5-7-12/h10-12H,3-9H2,1-2H3,(H,15,17,19)/t10-,11-/m1/s1. The maximum atomic E-state index is 12.2. The van der Waals surface area contributed by atoms with Crippen molar-refractivity contribution in [3.05, 3.63) is 0 Å². The van der Waals surface area contributed by atoms with Gasteiger partial charge in [0.25, 0.3) is 0 Å². The Morgan fingerprint density at radius 1 is 1.16 bits per heavy atom. The van der Waals surface area contributed by atoms with Crippen LogP contribution in [-0.4, -0.2) is 41.2 Å². The maximum Gasteiger partial charge on any atom is 0.229 e. The summed E-state index contributed by atoms with van der Waals surface area (Å²) in [6.07, 6.45) is 5.91. The van der Waals surface area contributed by atoms with Crippen LogP contribution in [0.1, 0.15) is 46.0 Å². The first-order chi connectivity index (χ1) is 9.06. The zero-order valence-electron chi connectivity index (χ0n) is 11.9. The summed E-state index contributed by atoms with van der Waals surface area (Å²) >= 11 is 5.36. The van der Waals surface area contributed by atoms with Crippen LogP contribution in [-0.2, 0) is 9.53 Å². The molecule has 2 fully saturated rings. The second kappa shape index (κ2) is 6.66. The van der Waals surface area contributed by atoms with E-state index in [2.05, 4.69) is 10.2 Å². The molecule has 0 radical (unpaired) electrons. The van der Waals surface area contributed by atoms with Gasteiger partial charge in [0, 0.05) is 19.0 Å². The number of morpholine rings is 1. The van der Waals surface area contributed by atoms with Crippen molar-refractivity contribution in [1.82, 2.24) is 10.2 Å². The van der Waals surface area contributed by atoms with Crippen LogP contribution < -0.4 is 5.32 Å². The number of rotatable bonds is 1. The maximum absolute atomic E-state index is 12.2. The highest BCUT2D eigenvalue weighted by Crippen LogP contribution is 2.23. The van der Waals surface area contributed by atoms with Crippen LogP contribution in [0.5, 0.6) is 0 Å². The molecule has 1 N–H and O–H groups in total. The van der Waals surface area contributed by atoms with Crippen molar-refractivity contribution < 1.29 is 9.53 Å². The summed E-state index contributed by atoms with van der Waals surface area (Å²) in [4.78, 5) is 14.2. The molecule has 1 aliphatic heterocycles. The zero-order valence-corrected chi connectivity index (χ0v) is 12.7. The van der Waals surface area contributed by atoms with Gasteiger partial charge < -0.3 is 15.0 Å². The predicted octanol–water partition coefficient (Wildman–Crippen LogP) is 2.08. The van der Waals surface area contributed by atoms with Gasteiger partial charge in [-0.15, -0.1) is 0 Å². The summed E-state index contributed by atoms with van der Waals surface area (Å²) in [7, 11) is 0. The van der Waals surface area contributed by atoms with Crippen molar-refractivity contribution in [3.63, 3.8) is 0 Å². The number of hydrogen-bond acceptors (Lipinski definition) is 3. The first-order valence-electron chi connectivity index (χ1n) is 7.31. The van der Waals surface area contributed by atoms with Crippen molar-refractivity contribution in [2.75, 3.05) is 13.1 Å². The molecular formula is C14H24N2O2S. The van der Waals surface area contributed by atoms with E-state index in [0.717, 1.165) is 38.8 Å². The average molecular weight is 284 g/mol. The van der Waals surface area contributed by atoms with Gasteiger partial charge in [-0.3, -0.25) is 4.79 Å². The molecule has 0 bridgehead atoms. The highest BCUT2D eigenvalue weighted by Gasteiger charge is 2.27. The van der Waals surface area contributed by atoms with Crippen LogP contribution >= 0.6 is 12.2 Å². The Kier molecular flexibility index (Phi) is 5.16. The normalized spacial score (nSPS) is 29.1. The van der Waals surface area contributed by atoms with E-state index in [0.29, 0.717) is 5.11 Å². The minimum Gasteiger partial charge on any atom is -0.372 e. The Bertz CT molecular complexity index is 332. The van der Waals surface area contributed by atoms with Gasteiger partial charge in [0.2, 0.25) is 5.91 Å². The van der Waals surface area contributed by atoms with E-state index in [1.807, 2.05) is 13.8 Å². The fraction of sp³-hybridized carbons (Fsp3) is 0.857. The molecule has 0 aromatic carbocycles. The number of hydrogen-bond donors (Lipinski definition) is 1. The third-order valence-electron chi connectivity index (χ3n) is 3.91. The quantitative estimate of drug-likeness (QED) is 0.749. The molecule has 4 nitrogen and oxygen atoms in total. The molecular weight excluding hydrogens is 260 g/mol. The van der Waals surface area contributed by atoms with E-state index in [1.54, 1.807) is 0 Å². The lowest BCUT2D eigenvalue weighted by atomic mass is 9.89. The molecule has 1 saturated heterocycles. The highest BCUT2D eigenvalue weighted by atomic mass is 32.1. The molecule has 0 aromatic rings. The van der Waals surface area contributed by atoms with Crippen molar-refractivity contribution in [2.24, 2.45) is 5.92 Å². The second-order valence-corrected chi connectivity index (χ2v) is 6.18. The number of ether oxygens (including phenoxy) is 1. The molecule has 1 amide bonds. The van der Waals surface area contributed by atoms with Crippen molar-refractivity contribution in [2.45, 2.75) is 58.2 Å². The van der Waals surface area contributed by atoms with Crippen LogP contribution in [0.4, 0.5) is 0 Å². The summed E-state index contributed by atoms with van der Waals surface area (Å²) in [6, 6.07) is 0. The fourth-order valence-corrected chi connectivity index (χ4v) is 3.24. The highest BCUT2D eigenvalue weighted by molar-refractivity contribution is 7.80. The van der Waals surface area contributed by atoms with Crippen LogP contribution in [0.15, 0.2) is 0 Å². The van der Waals surface area contributed by atoms with E-state index in [1.165, 1.54) is 6.42 Å². The Labute approximate surface area is 120 Å². The molecule has 1 heterocycles. The molecule has 0 spiro atoms. The second-order valence-electron chi connectivity index (χ2n) is 5.79. The molecule has 2 rings (SSSR count). The third kappa shape index (κ3) is 4.14. The molecule has 0 unspecified atom stereocenters. The fourth-order valence-electron chi connectivity index (χ4n) is 3.00. The number of nitrogens with one attached hydrogen (secondary N) is 1. The SMILES string of the molecule is C[C@@H]1CN(C(=S)NC(=O)C2CCCCC2)C[C@@H](C)O1. The molecule has 1 aliphatic carbocycles. The van der Waals surface area contributed by atoms with Gasteiger partial charge in [-0.2, -0.15) is 0 Å². The number of nitrogens with zero attached hydrogens (tertiary/aromatic N) is 1. The molecule has 5 heteroatoms. The first kappa shape index (κ1) is 14.7. The lowest BCUT2D eigenvalue weighted by Gasteiger charge is -2.37. The molecule has 2 aliphatic rings. The third-order valence-corrected chi connectivity index (χ3v) is 4.27. The van der Waals surface area contributed by atoms with Gasteiger partial charge in [0.05, 0.1) is 12.2 Å². The van der Waals surface area contributed by atoms with E-state index in [9.17, 15) is 4.79 Å². The average Bonchev–Trinajstić information content (AvgIpc) is 2.38. The van der Waals surface area contributed by atoms with Gasteiger partial charge in [0.15, 0.2) is 5.11 Å². The summed E-state index contributed by atoms with van der Waals surface area (Å²) < 4.78 is 5.67. The van der Waals surface area contributed by atoms with Crippen molar-refractivity contribution >= 4 is 23.2 Å². The lowest BCUT2D eigenvalue weighted by Crippen LogP contribution is -2.53. The minimum absolute atomic E-state index is 0.108. The number of amides is 1. The van der Waals surface area contributed by atoms with E-state index < -0.39 is 0 Å². The molecule has 1 saturated carbocycles. The first-order valence-corrected chi connectivity index (χ1v) is 7.72. The van der Waals surface area contributed by atoms with Gasteiger partial charge in [0.1, 0.15) is 0 Å². The Morgan fingerprint density at radius 2 is 1.74 bits per heavy atom. The smallest absolute Gasteiger partial charge is 0.229 e. The lowest BCUT2D eigenvalue weighted by molar-refractivity contribution is -0.124. The predicted molar refractivity (Wildman–Crippen MR) is 78.9 cm³/mol. The number of carbonyl (C=O) groups excluding carboxylic acids is 1. The summed E-state index contributed by atoms with van der Waals surface area (Å²) in [6.45, 7) is 5.59. The van der Waals surface area contributed by atoms with Crippen LogP contribution in [0.25, 0.3) is 0 Å². The van der Waals surface area contributed by atoms with Gasteiger partial charge >= 0.3 is 0 Å². The van der Waals surface area contributed by atoms with E-state index in [4.69, 9.17) is 17.0 Å². The van der Waals surface area contributed by atoms with Crippen molar-refractivity contribution in [1.29, 1.82) is 0 Å². The minimum atomic E-state index is 0.108. The molecule has 2 atom stereocenters. The largest absolute Gasteiger partial charge is 0.372 e. The van der Waals surface area contributed by atoms with Gasteiger partial charge in [-0.25, -0.2) is 0 Å². The van der Waals surface area contributed by atoms with Crippen LogP contribution in [0.3, 0.4) is 0 Å².